The number of carboxylic acid groups (broad SMARTS) is 1. The Morgan fingerprint density at radius 1 is 1.52 bits per heavy atom. The number of amides is 2. The lowest BCUT2D eigenvalue weighted by Gasteiger charge is -2.22. The van der Waals surface area contributed by atoms with E-state index in [1.54, 1.807) is 6.08 Å². The molecule has 1 aliphatic rings. The van der Waals surface area contributed by atoms with E-state index in [1.807, 2.05) is 30.1 Å². The molecule has 0 aliphatic carbocycles. The maximum Gasteiger partial charge on any atom is 0.326 e. The van der Waals surface area contributed by atoms with Crippen LogP contribution in [0.15, 0.2) is 23.4 Å². The third kappa shape index (κ3) is 3.99. The predicted molar refractivity (Wildman–Crippen MR) is 90.3 cm³/mol. The number of thiocarbonyl (C=S) groups is 1. The van der Waals surface area contributed by atoms with Gasteiger partial charge >= 0.3 is 5.97 Å². The predicted octanol–water partition coefficient (Wildman–Crippen LogP) is 0.945. The molecule has 9 heteroatoms. The van der Waals surface area contributed by atoms with E-state index in [0.717, 1.165) is 22.2 Å². The van der Waals surface area contributed by atoms with E-state index < -0.39 is 23.8 Å². The van der Waals surface area contributed by atoms with Crippen molar-refractivity contribution in [3.8, 4) is 0 Å². The Kier molecular flexibility index (Phi) is 5.22. The lowest BCUT2D eigenvalue weighted by Crippen LogP contribution is -2.44. The highest BCUT2D eigenvalue weighted by molar-refractivity contribution is 8.26. The van der Waals surface area contributed by atoms with Crippen molar-refractivity contribution in [3.63, 3.8) is 0 Å². The minimum absolute atomic E-state index is 0.0737. The first-order chi connectivity index (χ1) is 10.8. The number of aliphatic carboxylic acids is 1. The van der Waals surface area contributed by atoms with E-state index in [9.17, 15) is 19.5 Å². The van der Waals surface area contributed by atoms with Gasteiger partial charge in [-0.1, -0.05) is 24.0 Å². The molecule has 0 bridgehead atoms. The van der Waals surface area contributed by atoms with Crippen LogP contribution in [0, 0.1) is 0 Å². The molecule has 0 saturated carbocycles. The molecule has 0 aromatic carbocycles. The summed E-state index contributed by atoms with van der Waals surface area (Å²) in [6, 6.07) is 0.630. The van der Waals surface area contributed by atoms with E-state index >= 15 is 0 Å². The zero-order valence-electron chi connectivity index (χ0n) is 12.3. The maximum absolute atomic E-state index is 12.5. The van der Waals surface area contributed by atoms with Gasteiger partial charge in [0, 0.05) is 25.9 Å². The van der Waals surface area contributed by atoms with Gasteiger partial charge in [-0.3, -0.25) is 14.5 Å². The molecule has 0 radical (unpaired) electrons. The summed E-state index contributed by atoms with van der Waals surface area (Å²) < 4.78 is 1.99. The second-order valence-electron chi connectivity index (χ2n) is 5.02. The van der Waals surface area contributed by atoms with Crippen LogP contribution in [0.4, 0.5) is 0 Å². The number of hydrogen-bond donors (Lipinski definition) is 2. The van der Waals surface area contributed by atoms with Gasteiger partial charge in [-0.2, -0.15) is 0 Å². The number of aromatic nitrogens is 1. The average Bonchev–Trinajstić information content (AvgIpc) is 2.96. The lowest BCUT2D eigenvalue weighted by atomic mass is 10.1. The Morgan fingerprint density at radius 3 is 2.74 bits per heavy atom. The van der Waals surface area contributed by atoms with Crippen molar-refractivity contribution in [1.29, 1.82) is 0 Å². The first-order valence-electron chi connectivity index (χ1n) is 6.69. The first kappa shape index (κ1) is 17.2. The van der Waals surface area contributed by atoms with Gasteiger partial charge in [0.05, 0.1) is 4.91 Å². The van der Waals surface area contributed by atoms with Crippen molar-refractivity contribution in [3.05, 3.63) is 28.9 Å². The lowest BCUT2D eigenvalue weighted by molar-refractivity contribution is -0.145. The van der Waals surface area contributed by atoms with Gasteiger partial charge < -0.3 is 15.4 Å². The maximum atomic E-state index is 12.5. The largest absolute Gasteiger partial charge is 0.480 e. The molecular formula is C14H15N3O4S2. The number of carboxylic acids is 1. The number of aryl methyl sites for hydroxylation is 1. The molecule has 0 spiro atoms. The van der Waals surface area contributed by atoms with Crippen molar-refractivity contribution >= 4 is 52.2 Å². The van der Waals surface area contributed by atoms with E-state index in [-0.39, 0.29) is 17.2 Å². The molecule has 2 amide bonds. The molecule has 7 nitrogen and oxygen atoms in total. The topological polar surface area (TPSA) is 106 Å². The normalized spacial score (nSPS) is 17.8. The molecular weight excluding hydrogens is 338 g/mol. The second-order valence-corrected chi connectivity index (χ2v) is 6.70. The molecule has 2 rings (SSSR count). The highest BCUT2D eigenvalue weighted by atomic mass is 32.2. The molecule has 1 saturated heterocycles. The highest BCUT2D eigenvalue weighted by Gasteiger charge is 2.40. The summed E-state index contributed by atoms with van der Waals surface area (Å²) in [6.07, 6.45) is 5.11. The fourth-order valence-corrected chi connectivity index (χ4v) is 3.51. The zero-order valence-corrected chi connectivity index (χ0v) is 13.9. The number of carbonyl (C=O) groups excluding carboxylic acids is 2. The van der Waals surface area contributed by atoms with Crippen molar-refractivity contribution in [2.75, 3.05) is 0 Å². The Labute approximate surface area is 142 Å². The van der Waals surface area contributed by atoms with Gasteiger partial charge in [0.15, 0.2) is 0 Å². The van der Waals surface area contributed by atoms with E-state index in [1.165, 1.54) is 0 Å². The van der Waals surface area contributed by atoms with Gasteiger partial charge in [0.25, 0.3) is 5.91 Å². The number of hydrogen-bond acceptors (Lipinski definition) is 5. The van der Waals surface area contributed by atoms with Crippen molar-refractivity contribution in [2.24, 2.45) is 12.8 Å². The Balaban J connectivity index is 2.24. The SMILES string of the molecule is Cn1ccc(C=C2SC(=S)N(C(CCC(N)=O)C(=O)O)C2=O)c1. The highest BCUT2D eigenvalue weighted by Crippen LogP contribution is 2.34. The molecule has 1 aromatic heterocycles. The average molecular weight is 353 g/mol. The van der Waals surface area contributed by atoms with Crippen LogP contribution in [0.5, 0.6) is 0 Å². The van der Waals surface area contributed by atoms with Crippen molar-refractivity contribution in [2.45, 2.75) is 18.9 Å². The fraction of sp³-hybridized carbons (Fsp3) is 0.286. The smallest absolute Gasteiger partial charge is 0.326 e. The van der Waals surface area contributed by atoms with Gasteiger partial charge in [0.1, 0.15) is 10.4 Å². The van der Waals surface area contributed by atoms with Gasteiger partial charge in [-0.15, -0.1) is 0 Å². The third-order valence-corrected chi connectivity index (χ3v) is 4.57. The summed E-state index contributed by atoms with van der Waals surface area (Å²) in [7, 11) is 1.85. The Morgan fingerprint density at radius 2 is 2.22 bits per heavy atom. The molecule has 1 aliphatic heterocycles. The Hall–Kier alpha value is -2.13. The van der Waals surface area contributed by atoms with Crippen molar-refractivity contribution in [1.82, 2.24) is 9.47 Å². The zero-order chi connectivity index (χ0) is 17.1. The minimum atomic E-state index is -1.22. The monoisotopic (exact) mass is 353 g/mol. The van der Waals surface area contributed by atoms with Crippen LogP contribution in [0.1, 0.15) is 18.4 Å². The summed E-state index contributed by atoms with van der Waals surface area (Å²) in [4.78, 5) is 36.2. The molecule has 2 heterocycles. The van der Waals surface area contributed by atoms with E-state index in [2.05, 4.69) is 0 Å². The quantitative estimate of drug-likeness (QED) is 0.582. The fourth-order valence-electron chi connectivity index (χ4n) is 2.15. The summed E-state index contributed by atoms with van der Waals surface area (Å²) >= 11 is 6.18. The summed E-state index contributed by atoms with van der Waals surface area (Å²) in [5, 5.41) is 9.32. The standard InChI is InChI=1S/C14H15N3O4S2/c1-16-5-4-8(7-16)6-10-12(19)17(14(22)23-10)9(13(20)21)2-3-11(15)18/h4-7,9H,2-3H2,1H3,(H2,15,18)(H,20,21). The molecule has 23 heavy (non-hydrogen) atoms. The summed E-state index contributed by atoms with van der Waals surface area (Å²) in [5.41, 5.74) is 5.87. The summed E-state index contributed by atoms with van der Waals surface area (Å²) in [6.45, 7) is 0. The third-order valence-electron chi connectivity index (χ3n) is 3.24. The van der Waals surface area contributed by atoms with E-state index in [0.29, 0.717) is 4.91 Å². The molecule has 122 valence electrons. The van der Waals surface area contributed by atoms with Gasteiger partial charge in [-0.05, 0) is 24.1 Å². The molecule has 1 aromatic rings. The minimum Gasteiger partial charge on any atom is -0.480 e. The van der Waals surface area contributed by atoms with Crippen LogP contribution in [0.3, 0.4) is 0 Å². The molecule has 1 unspecified atom stereocenters. The number of primary amides is 1. The summed E-state index contributed by atoms with van der Waals surface area (Å²) in [5.74, 6) is -2.31. The number of nitrogens with two attached hydrogens (primary N) is 1. The molecule has 1 fully saturated rings. The van der Waals surface area contributed by atoms with Crippen LogP contribution in [0.2, 0.25) is 0 Å². The van der Waals surface area contributed by atoms with Crippen LogP contribution < -0.4 is 5.73 Å². The Bertz CT molecular complexity index is 711. The molecule has 3 N–H and O–H groups in total. The molecule has 1 atom stereocenters. The van der Waals surface area contributed by atoms with Gasteiger partial charge in [-0.25, -0.2) is 4.79 Å². The second kappa shape index (κ2) is 6.97. The van der Waals surface area contributed by atoms with Gasteiger partial charge in [0.2, 0.25) is 5.91 Å². The number of rotatable bonds is 6. The van der Waals surface area contributed by atoms with Crippen molar-refractivity contribution < 1.29 is 19.5 Å². The number of thioether (sulfide) groups is 1. The van der Waals surface area contributed by atoms with Crippen LogP contribution >= 0.6 is 24.0 Å². The van der Waals surface area contributed by atoms with Crippen LogP contribution in [0.25, 0.3) is 6.08 Å². The van der Waals surface area contributed by atoms with Crippen LogP contribution in [-0.4, -0.2) is 42.7 Å². The van der Waals surface area contributed by atoms with Crippen LogP contribution in [-0.2, 0) is 21.4 Å². The number of nitrogens with zero attached hydrogens (tertiary/aromatic N) is 2. The van der Waals surface area contributed by atoms with E-state index in [4.69, 9.17) is 18.0 Å². The number of carbonyl (C=O) groups is 3. The first-order valence-corrected chi connectivity index (χ1v) is 7.92.